The third-order valence-electron chi connectivity index (χ3n) is 7.29. The van der Waals surface area contributed by atoms with E-state index in [1.54, 1.807) is 60.7 Å². The number of nitrogens with zero attached hydrogens (tertiary/aromatic N) is 2. The average molecular weight is 650 g/mol. The van der Waals surface area contributed by atoms with Gasteiger partial charge in [-0.2, -0.15) is 5.26 Å². The van der Waals surface area contributed by atoms with Gasteiger partial charge in [0.25, 0.3) is 0 Å². The largest absolute Gasteiger partial charge is 0.483 e. The molecule has 0 saturated carbocycles. The second-order valence-electron chi connectivity index (χ2n) is 10.1. The highest BCUT2D eigenvalue weighted by atomic mass is 35.5. The molecule has 11 heteroatoms. The van der Waals surface area contributed by atoms with Gasteiger partial charge in [0.15, 0.2) is 11.5 Å². The topological polar surface area (TPSA) is 141 Å². The molecular weight excluding hydrogens is 622 g/mol. The van der Waals surface area contributed by atoms with Crippen LogP contribution in [-0.4, -0.2) is 32.1 Å². The Morgan fingerprint density at radius 1 is 0.851 bits per heavy atom. The van der Waals surface area contributed by atoms with E-state index in [0.717, 1.165) is 24.7 Å². The van der Waals surface area contributed by atoms with Gasteiger partial charge in [0.05, 0.1) is 48.6 Å². The quantitative estimate of drug-likeness (QED) is 0.169. The Labute approximate surface area is 275 Å². The first kappa shape index (κ1) is 32.3. The Balaban J connectivity index is 1.79. The molecule has 0 aliphatic carbocycles. The molecule has 0 aromatic heterocycles. The van der Waals surface area contributed by atoms with Crippen molar-refractivity contribution >= 4 is 35.2 Å². The maximum atomic E-state index is 13.7. The van der Waals surface area contributed by atoms with Crippen LogP contribution in [0.25, 0.3) is 0 Å². The Morgan fingerprint density at radius 2 is 1.45 bits per heavy atom. The van der Waals surface area contributed by atoms with Gasteiger partial charge >= 0.3 is 17.9 Å². The molecule has 0 saturated heterocycles. The summed E-state index contributed by atoms with van der Waals surface area (Å²) in [5.41, 5.74) is 7.60. The van der Waals surface area contributed by atoms with Gasteiger partial charge in [0, 0.05) is 11.1 Å². The molecule has 10 nitrogen and oxygen atoms in total. The van der Waals surface area contributed by atoms with Crippen molar-refractivity contribution in [3.63, 3.8) is 0 Å². The Bertz CT molecular complexity index is 1920. The number of halogens is 1. The predicted molar refractivity (Wildman–Crippen MR) is 173 cm³/mol. The van der Waals surface area contributed by atoms with Crippen LogP contribution in [-0.2, 0) is 25.7 Å². The van der Waals surface area contributed by atoms with Crippen molar-refractivity contribution in [2.45, 2.75) is 12.5 Å². The van der Waals surface area contributed by atoms with Crippen molar-refractivity contribution in [1.29, 1.82) is 5.26 Å². The van der Waals surface area contributed by atoms with Crippen molar-refractivity contribution in [2.24, 2.45) is 5.73 Å². The van der Waals surface area contributed by atoms with Crippen molar-refractivity contribution < 1.29 is 33.3 Å². The number of nitrogens with two attached hydrogens (primary N) is 1. The smallest absolute Gasteiger partial charge is 0.355 e. The zero-order chi connectivity index (χ0) is 33.5. The molecule has 1 unspecified atom stereocenters. The molecule has 236 valence electrons. The second kappa shape index (κ2) is 14.4. The number of carbonyl (C=O) groups is 3. The number of hydrogen-bond acceptors (Lipinski definition) is 10. The third kappa shape index (κ3) is 6.66. The molecule has 4 aromatic rings. The molecule has 1 aliphatic heterocycles. The molecule has 4 aromatic carbocycles. The van der Waals surface area contributed by atoms with Crippen LogP contribution in [0, 0.1) is 11.3 Å². The Hall–Kier alpha value is -6.05. The lowest BCUT2D eigenvalue weighted by Crippen LogP contribution is -2.41. The molecule has 1 heterocycles. The van der Waals surface area contributed by atoms with Crippen LogP contribution >= 0.6 is 11.6 Å². The van der Waals surface area contributed by atoms with Gasteiger partial charge in [0.1, 0.15) is 18.1 Å². The number of nitriles is 1. The summed E-state index contributed by atoms with van der Waals surface area (Å²) in [7, 11) is 2.29. The standard InChI is InChI=1S/C36H28ClN3O7/c1-44-35(42)30-29(23-14-8-4-9-15-23)26(20-38)33(39)40(31(30)36(43)45-2)27-18-25(37)19-28(47-34(41)24-16-10-5-11-17-24)32(27)46-21-22-12-6-3-7-13-22/h3-19,29H,21,39H2,1-2H3. The fourth-order valence-electron chi connectivity index (χ4n) is 5.17. The van der Waals surface area contributed by atoms with Crippen molar-refractivity contribution in [1.82, 2.24) is 0 Å². The van der Waals surface area contributed by atoms with E-state index in [4.69, 9.17) is 36.3 Å². The van der Waals surface area contributed by atoms with Crippen LogP contribution in [0.15, 0.2) is 126 Å². The minimum absolute atomic E-state index is 0.0112. The first-order chi connectivity index (χ1) is 22.8. The Morgan fingerprint density at radius 3 is 2.04 bits per heavy atom. The monoisotopic (exact) mass is 649 g/mol. The van der Waals surface area contributed by atoms with E-state index in [1.165, 1.54) is 12.1 Å². The number of hydrogen-bond donors (Lipinski definition) is 1. The summed E-state index contributed by atoms with van der Waals surface area (Å²) >= 11 is 6.60. The normalized spacial score (nSPS) is 14.3. The number of methoxy groups -OCH3 is 2. The highest BCUT2D eigenvalue weighted by molar-refractivity contribution is 6.31. The lowest BCUT2D eigenvalue weighted by Gasteiger charge is -2.36. The molecule has 47 heavy (non-hydrogen) atoms. The van der Waals surface area contributed by atoms with Gasteiger partial charge in [0.2, 0.25) is 0 Å². The van der Waals surface area contributed by atoms with Gasteiger partial charge in [-0.15, -0.1) is 0 Å². The fraction of sp³-hybridized carbons (Fsp3) is 0.111. The first-order valence-electron chi connectivity index (χ1n) is 14.2. The van der Waals surface area contributed by atoms with Crippen molar-refractivity contribution in [3.8, 4) is 17.6 Å². The lowest BCUT2D eigenvalue weighted by atomic mass is 9.81. The zero-order valence-corrected chi connectivity index (χ0v) is 26.1. The summed E-state index contributed by atoms with van der Waals surface area (Å²) < 4.78 is 22.4. The molecule has 0 fully saturated rings. The van der Waals surface area contributed by atoms with E-state index in [1.807, 2.05) is 30.3 Å². The van der Waals surface area contributed by atoms with Crippen molar-refractivity contribution in [2.75, 3.05) is 19.1 Å². The maximum Gasteiger partial charge on any atom is 0.355 e. The number of rotatable bonds is 9. The molecule has 0 amide bonds. The molecule has 2 N–H and O–H groups in total. The average Bonchev–Trinajstić information content (AvgIpc) is 3.10. The van der Waals surface area contributed by atoms with Crippen LogP contribution in [0.5, 0.6) is 11.5 Å². The molecule has 1 aliphatic rings. The van der Waals surface area contributed by atoms with Crippen LogP contribution < -0.4 is 20.1 Å². The summed E-state index contributed by atoms with van der Waals surface area (Å²) in [5, 5.41) is 10.5. The van der Waals surface area contributed by atoms with Gasteiger partial charge in [-0.25, -0.2) is 14.4 Å². The third-order valence-corrected chi connectivity index (χ3v) is 7.51. The molecule has 0 radical (unpaired) electrons. The number of allylic oxidation sites excluding steroid dienone is 1. The van der Waals surface area contributed by atoms with E-state index in [0.29, 0.717) is 5.56 Å². The molecule has 1 atom stereocenters. The number of anilines is 1. The SMILES string of the molecule is COC(=O)C1=C(C(=O)OC)N(c2cc(Cl)cc(OC(=O)c3ccccc3)c2OCc2ccccc2)C(N)=C(C#N)C1c1ccccc1. The summed E-state index contributed by atoms with van der Waals surface area (Å²) in [6.45, 7) is -0.0122. The highest BCUT2D eigenvalue weighted by Gasteiger charge is 2.44. The minimum atomic E-state index is -1.10. The van der Waals surface area contributed by atoms with Crippen LogP contribution in [0.3, 0.4) is 0 Å². The zero-order valence-electron chi connectivity index (χ0n) is 25.3. The van der Waals surface area contributed by atoms with Crippen LogP contribution in [0.2, 0.25) is 5.02 Å². The van der Waals surface area contributed by atoms with Gasteiger partial charge in [-0.3, -0.25) is 4.90 Å². The van der Waals surface area contributed by atoms with E-state index in [9.17, 15) is 19.6 Å². The van der Waals surface area contributed by atoms with Gasteiger partial charge < -0.3 is 24.7 Å². The number of carbonyl (C=O) groups excluding carboxylic acids is 3. The molecule has 0 bridgehead atoms. The number of benzene rings is 4. The first-order valence-corrected chi connectivity index (χ1v) is 14.6. The summed E-state index contributed by atoms with van der Waals surface area (Å²) in [4.78, 5) is 41.6. The Kier molecular flexibility index (Phi) is 9.89. The maximum absolute atomic E-state index is 13.7. The molecular formula is C36H28ClN3O7. The lowest BCUT2D eigenvalue weighted by molar-refractivity contribution is -0.139. The predicted octanol–water partition coefficient (Wildman–Crippen LogP) is 6.04. The summed E-state index contributed by atoms with van der Waals surface area (Å²) in [6.07, 6.45) is 0. The van der Waals surface area contributed by atoms with Gasteiger partial charge in [-0.05, 0) is 29.3 Å². The second-order valence-corrected chi connectivity index (χ2v) is 10.6. The van der Waals surface area contributed by atoms with E-state index in [-0.39, 0.29) is 57.0 Å². The minimum Gasteiger partial charge on any atom is -0.483 e. The van der Waals surface area contributed by atoms with E-state index >= 15 is 0 Å². The fourth-order valence-corrected chi connectivity index (χ4v) is 5.37. The summed E-state index contributed by atoms with van der Waals surface area (Å²) in [5.74, 6) is -4.09. The van der Waals surface area contributed by atoms with E-state index in [2.05, 4.69) is 6.07 Å². The van der Waals surface area contributed by atoms with Gasteiger partial charge in [-0.1, -0.05) is 90.5 Å². The summed E-state index contributed by atoms with van der Waals surface area (Å²) in [6, 6.07) is 30.9. The van der Waals surface area contributed by atoms with Crippen LogP contribution in [0.1, 0.15) is 27.4 Å². The molecule has 0 spiro atoms. The molecule has 5 rings (SSSR count). The van der Waals surface area contributed by atoms with Crippen LogP contribution in [0.4, 0.5) is 5.69 Å². The highest BCUT2D eigenvalue weighted by Crippen LogP contribution is 2.49. The van der Waals surface area contributed by atoms with E-state index < -0.39 is 23.8 Å². The number of ether oxygens (including phenoxy) is 4. The van der Waals surface area contributed by atoms with Crippen molar-refractivity contribution in [3.05, 3.63) is 148 Å². The number of esters is 3.